The summed E-state index contributed by atoms with van der Waals surface area (Å²) in [6.07, 6.45) is 4.65. The van der Waals surface area contributed by atoms with Gasteiger partial charge in [-0.2, -0.15) is 5.10 Å². The average Bonchev–Trinajstić information content (AvgIpc) is 3.27. The van der Waals surface area contributed by atoms with Crippen molar-refractivity contribution in [3.63, 3.8) is 0 Å². The molecule has 8 nitrogen and oxygen atoms in total. The van der Waals surface area contributed by atoms with Crippen LogP contribution in [0.4, 0.5) is 5.82 Å². The molecule has 3 aromatic heterocycles. The van der Waals surface area contributed by atoms with Gasteiger partial charge in [0, 0.05) is 30.7 Å². The molecule has 0 radical (unpaired) electrons. The van der Waals surface area contributed by atoms with Gasteiger partial charge in [0.25, 0.3) is 0 Å². The zero-order chi connectivity index (χ0) is 18.5. The molecule has 1 unspecified atom stereocenters. The fourth-order valence-electron chi connectivity index (χ4n) is 3.40. The maximum absolute atomic E-state index is 10.0. The lowest BCUT2D eigenvalue weighted by Crippen LogP contribution is -2.26. The van der Waals surface area contributed by atoms with E-state index in [0.717, 1.165) is 35.6 Å². The summed E-state index contributed by atoms with van der Waals surface area (Å²) >= 11 is 0. The number of aliphatic hydroxyl groups is 1. The fourth-order valence-corrected chi connectivity index (χ4v) is 3.40. The van der Waals surface area contributed by atoms with E-state index in [1.807, 2.05) is 13.3 Å². The van der Waals surface area contributed by atoms with Gasteiger partial charge in [-0.1, -0.05) is 0 Å². The molecule has 0 amide bonds. The molecular weight excluding hydrogens is 330 g/mol. The van der Waals surface area contributed by atoms with E-state index in [4.69, 9.17) is 9.97 Å². The molecule has 3 aromatic rings. The smallest absolute Gasteiger partial charge is 0.183 e. The number of fused-ring (bicyclic) bond motifs is 1. The minimum Gasteiger partial charge on any atom is -0.391 e. The zero-order valence-electron chi connectivity index (χ0n) is 15.7. The Morgan fingerprint density at radius 3 is 2.73 bits per heavy atom. The van der Waals surface area contributed by atoms with Crippen molar-refractivity contribution in [2.24, 2.45) is 0 Å². The Labute approximate surface area is 152 Å². The summed E-state index contributed by atoms with van der Waals surface area (Å²) in [6.45, 7) is 9.80. The van der Waals surface area contributed by atoms with E-state index in [2.05, 4.69) is 45.4 Å². The number of nitrogens with zero attached hydrogens (tertiary/aromatic N) is 6. The minimum atomic E-state index is -0.315. The van der Waals surface area contributed by atoms with Gasteiger partial charge in [-0.15, -0.1) is 0 Å². The van der Waals surface area contributed by atoms with Crippen LogP contribution in [0.2, 0.25) is 0 Å². The number of aromatic nitrogens is 6. The predicted octanol–water partition coefficient (Wildman–Crippen LogP) is 1.77. The summed E-state index contributed by atoms with van der Waals surface area (Å²) in [5.74, 6) is 1.56. The van der Waals surface area contributed by atoms with Crippen LogP contribution < -0.4 is 4.90 Å². The first-order valence-electron chi connectivity index (χ1n) is 8.99. The standard InChI is InChI=1S/C18H25N7O/c1-11-8-20-23-13(11)7-14-21-16-15(25(10-19-16)18(2,3)4)17(22-14)24-6-5-12(26)9-24/h8,10,12,26H,5-7,9H2,1-4H3,(H,20,23). The number of hydrogen-bond acceptors (Lipinski definition) is 6. The molecule has 1 aliphatic heterocycles. The lowest BCUT2D eigenvalue weighted by molar-refractivity contribution is 0.198. The quantitative estimate of drug-likeness (QED) is 0.743. The van der Waals surface area contributed by atoms with Crippen molar-refractivity contribution in [3.05, 3.63) is 29.6 Å². The topological polar surface area (TPSA) is 95.8 Å². The summed E-state index contributed by atoms with van der Waals surface area (Å²) < 4.78 is 2.12. The van der Waals surface area contributed by atoms with E-state index < -0.39 is 0 Å². The number of anilines is 1. The number of aryl methyl sites for hydroxylation is 1. The molecule has 0 aliphatic carbocycles. The Hall–Kier alpha value is -2.48. The lowest BCUT2D eigenvalue weighted by atomic mass is 10.1. The van der Waals surface area contributed by atoms with Crippen molar-refractivity contribution in [2.45, 2.75) is 52.2 Å². The highest BCUT2D eigenvalue weighted by molar-refractivity contribution is 5.84. The number of nitrogens with one attached hydrogen (secondary N) is 1. The normalized spacial score (nSPS) is 18.2. The van der Waals surface area contributed by atoms with Crippen LogP contribution in [0.1, 0.15) is 44.3 Å². The van der Waals surface area contributed by atoms with E-state index in [0.29, 0.717) is 24.4 Å². The second-order valence-corrected chi connectivity index (χ2v) is 8.02. The van der Waals surface area contributed by atoms with Gasteiger partial charge in [-0.05, 0) is 39.7 Å². The second kappa shape index (κ2) is 6.05. The molecule has 0 spiro atoms. The Morgan fingerprint density at radius 1 is 1.31 bits per heavy atom. The summed E-state index contributed by atoms with van der Waals surface area (Å²) in [7, 11) is 0. The molecule has 0 bridgehead atoms. The Kier molecular flexibility index (Phi) is 3.95. The highest BCUT2D eigenvalue weighted by Crippen LogP contribution is 2.30. The van der Waals surface area contributed by atoms with E-state index in [1.165, 1.54) is 0 Å². The number of aromatic amines is 1. The van der Waals surface area contributed by atoms with Crippen molar-refractivity contribution < 1.29 is 5.11 Å². The van der Waals surface area contributed by atoms with Crippen LogP contribution in [0, 0.1) is 6.92 Å². The van der Waals surface area contributed by atoms with Crippen LogP contribution >= 0.6 is 0 Å². The maximum atomic E-state index is 10.0. The molecule has 0 saturated carbocycles. The van der Waals surface area contributed by atoms with Gasteiger partial charge in [0.15, 0.2) is 11.5 Å². The Balaban J connectivity index is 1.85. The molecule has 1 aliphatic rings. The molecule has 0 aromatic carbocycles. The molecule has 1 fully saturated rings. The van der Waals surface area contributed by atoms with Crippen LogP contribution in [-0.4, -0.2) is 54.0 Å². The molecule has 138 valence electrons. The van der Waals surface area contributed by atoms with Gasteiger partial charge in [-0.25, -0.2) is 15.0 Å². The third-order valence-electron chi connectivity index (χ3n) is 4.88. The van der Waals surface area contributed by atoms with Crippen molar-refractivity contribution in [3.8, 4) is 0 Å². The summed E-state index contributed by atoms with van der Waals surface area (Å²) in [5.41, 5.74) is 3.58. The fraction of sp³-hybridized carbons (Fsp3) is 0.556. The Morgan fingerprint density at radius 2 is 2.12 bits per heavy atom. The largest absolute Gasteiger partial charge is 0.391 e. The number of H-pyrrole nitrogens is 1. The predicted molar refractivity (Wildman–Crippen MR) is 99.3 cm³/mol. The van der Waals surface area contributed by atoms with Crippen molar-refractivity contribution >= 4 is 17.0 Å². The van der Waals surface area contributed by atoms with E-state index in [-0.39, 0.29) is 11.6 Å². The first kappa shape index (κ1) is 17.0. The molecule has 4 heterocycles. The van der Waals surface area contributed by atoms with Gasteiger partial charge < -0.3 is 14.6 Å². The van der Waals surface area contributed by atoms with Gasteiger partial charge in [-0.3, -0.25) is 5.10 Å². The highest BCUT2D eigenvalue weighted by atomic mass is 16.3. The number of aliphatic hydroxyl groups excluding tert-OH is 1. The summed E-state index contributed by atoms with van der Waals surface area (Å²) in [6, 6.07) is 0. The molecule has 4 rings (SSSR count). The van der Waals surface area contributed by atoms with Crippen LogP contribution in [-0.2, 0) is 12.0 Å². The first-order valence-corrected chi connectivity index (χ1v) is 8.99. The van der Waals surface area contributed by atoms with Gasteiger partial charge in [0.05, 0.1) is 18.6 Å². The summed E-state index contributed by atoms with van der Waals surface area (Å²) in [5, 5.41) is 17.1. The van der Waals surface area contributed by atoms with Gasteiger partial charge >= 0.3 is 0 Å². The van der Waals surface area contributed by atoms with Crippen LogP contribution in [0.25, 0.3) is 11.2 Å². The van der Waals surface area contributed by atoms with Crippen molar-refractivity contribution in [1.29, 1.82) is 0 Å². The maximum Gasteiger partial charge on any atom is 0.183 e. The second-order valence-electron chi connectivity index (χ2n) is 8.02. The molecule has 1 saturated heterocycles. The van der Waals surface area contributed by atoms with E-state index >= 15 is 0 Å². The average molecular weight is 355 g/mol. The molecular formula is C18H25N7O. The van der Waals surface area contributed by atoms with Crippen molar-refractivity contribution in [1.82, 2.24) is 29.7 Å². The zero-order valence-corrected chi connectivity index (χ0v) is 15.7. The van der Waals surface area contributed by atoms with E-state index in [1.54, 1.807) is 6.20 Å². The Bertz CT molecular complexity index is 937. The van der Waals surface area contributed by atoms with Crippen LogP contribution in [0.15, 0.2) is 12.5 Å². The highest BCUT2D eigenvalue weighted by Gasteiger charge is 2.28. The monoisotopic (exact) mass is 355 g/mol. The van der Waals surface area contributed by atoms with Crippen molar-refractivity contribution in [2.75, 3.05) is 18.0 Å². The molecule has 1 atom stereocenters. The van der Waals surface area contributed by atoms with Crippen LogP contribution in [0.3, 0.4) is 0 Å². The molecule has 8 heteroatoms. The van der Waals surface area contributed by atoms with Gasteiger partial charge in [0.1, 0.15) is 11.3 Å². The summed E-state index contributed by atoms with van der Waals surface area (Å²) in [4.78, 5) is 16.3. The number of imidazole rings is 1. The first-order chi connectivity index (χ1) is 12.3. The van der Waals surface area contributed by atoms with E-state index in [9.17, 15) is 5.11 Å². The third kappa shape index (κ3) is 2.94. The number of hydrogen-bond donors (Lipinski definition) is 2. The molecule has 26 heavy (non-hydrogen) atoms. The number of rotatable bonds is 3. The van der Waals surface area contributed by atoms with Crippen LogP contribution in [0.5, 0.6) is 0 Å². The molecule has 2 N–H and O–H groups in total. The minimum absolute atomic E-state index is 0.132. The third-order valence-corrected chi connectivity index (χ3v) is 4.88. The lowest BCUT2D eigenvalue weighted by Gasteiger charge is -2.25. The number of β-amino-alcohol motifs (C(OH)–C–C–N with tert-alkyl or cyclic N) is 1. The van der Waals surface area contributed by atoms with Gasteiger partial charge in [0.2, 0.25) is 0 Å². The SMILES string of the molecule is Cc1cn[nH]c1Cc1nc(N2CCC(O)C2)c2c(ncn2C(C)(C)C)n1.